The maximum Gasteiger partial charge on any atom is 0.265 e. The number of fused-ring (bicyclic) bond motifs is 2. The van der Waals surface area contributed by atoms with Crippen LogP contribution in [0.2, 0.25) is 0 Å². The highest BCUT2D eigenvalue weighted by Gasteiger charge is 2.19. The zero-order valence-corrected chi connectivity index (χ0v) is 15.9. The molecule has 148 valence electrons. The van der Waals surface area contributed by atoms with Crippen molar-refractivity contribution < 1.29 is 14.3 Å². The Morgan fingerprint density at radius 2 is 1.83 bits per heavy atom. The van der Waals surface area contributed by atoms with Crippen LogP contribution in [0.5, 0.6) is 11.5 Å². The minimum Gasteiger partial charge on any atom is -0.454 e. The fourth-order valence-corrected chi connectivity index (χ4v) is 3.45. The Bertz CT molecular complexity index is 1320. The van der Waals surface area contributed by atoms with Crippen molar-refractivity contribution in [3.63, 3.8) is 0 Å². The Kier molecular flexibility index (Phi) is 4.40. The first kappa shape index (κ1) is 17.9. The molecule has 0 saturated heterocycles. The zero-order valence-electron chi connectivity index (χ0n) is 15.9. The lowest BCUT2D eigenvalue weighted by Crippen LogP contribution is -2.30. The Morgan fingerprint density at radius 1 is 1.00 bits per heavy atom. The maximum absolute atomic E-state index is 13.2. The van der Waals surface area contributed by atoms with Gasteiger partial charge in [-0.25, -0.2) is 4.98 Å². The van der Waals surface area contributed by atoms with Gasteiger partial charge in [0.15, 0.2) is 11.5 Å². The number of hydrogen-bond donors (Lipinski definition) is 1. The summed E-state index contributed by atoms with van der Waals surface area (Å²) < 4.78 is 12.2. The monoisotopic (exact) mass is 399 g/mol. The molecule has 2 aromatic heterocycles. The van der Waals surface area contributed by atoms with Crippen LogP contribution in [0.3, 0.4) is 0 Å². The van der Waals surface area contributed by atoms with Crippen molar-refractivity contribution in [1.82, 2.24) is 9.55 Å². The van der Waals surface area contributed by atoms with E-state index in [-0.39, 0.29) is 12.4 Å². The van der Waals surface area contributed by atoms with Crippen molar-refractivity contribution >= 4 is 22.6 Å². The van der Waals surface area contributed by atoms with Crippen LogP contribution in [0.25, 0.3) is 11.0 Å². The van der Waals surface area contributed by atoms with Crippen LogP contribution in [0, 0.1) is 0 Å². The number of pyridine rings is 2. The third-order valence-electron chi connectivity index (χ3n) is 4.91. The van der Waals surface area contributed by atoms with Crippen LogP contribution in [0.15, 0.2) is 77.7 Å². The van der Waals surface area contributed by atoms with Gasteiger partial charge in [-0.1, -0.05) is 30.3 Å². The molecular weight excluding hydrogens is 382 g/mol. The summed E-state index contributed by atoms with van der Waals surface area (Å²) in [7, 11) is 0. The van der Waals surface area contributed by atoms with E-state index < -0.39 is 11.5 Å². The van der Waals surface area contributed by atoms with Crippen LogP contribution >= 0.6 is 0 Å². The summed E-state index contributed by atoms with van der Waals surface area (Å²) in [4.78, 5) is 30.6. The smallest absolute Gasteiger partial charge is 0.265 e. The fraction of sp³-hybridized carbons (Fsp3) is 0.0870. The second kappa shape index (κ2) is 7.36. The van der Waals surface area contributed by atoms with Gasteiger partial charge >= 0.3 is 0 Å². The first-order valence-corrected chi connectivity index (χ1v) is 9.42. The van der Waals surface area contributed by atoms with E-state index in [0.717, 1.165) is 5.56 Å². The van der Waals surface area contributed by atoms with E-state index in [2.05, 4.69) is 10.3 Å². The molecule has 7 heteroatoms. The number of hydrogen-bond acceptors (Lipinski definition) is 5. The van der Waals surface area contributed by atoms with Gasteiger partial charge in [0.25, 0.3) is 11.5 Å². The molecule has 7 nitrogen and oxygen atoms in total. The fourth-order valence-electron chi connectivity index (χ4n) is 3.45. The largest absolute Gasteiger partial charge is 0.454 e. The number of carbonyl (C=O) groups excluding carboxylic acids is 1. The quantitative estimate of drug-likeness (QED) is 0.569. The molecule has 1 aliphatic heterocycles. The summed E-state index contributed by atoms with van der Waals surface area (Å²) in [5, 5.41) is 3.49. The summed E-state index contributed by atoms with van der Waals surface area (Å²) in [5.74, 6) is 0.679. The molecule has 5 rings (SSSR count). The first-order chi connectivity index (χ1) is 14.7. The number of carbonyl (C=O) groups is 1. The third-order valence-corrected chi connectivity index (χ3v) is 4.91. The van der Waals surface area contributed by atoms with E-state index in [9.17, 15) is 9.59 Å². The van der Waals surface area contributed by atoms with Gasteiger partial charge in [-0.15, -0.1) is 0 Å². The van der Waals surface area contributed by atoms with E-state index >= 15 is 0 Å². The third kappa shape index (κ3) is 3.26. The van der Waals surface area contributed by atoms with Crippen LogP contribution in [-0.4, -0.2) is 22.3 Å². The van der Waals surface area contributed by atoms with Crippen LogP contribution in [0.4, 0.5) is 5.69 Å². The number of rotatable bonds is 4. The minimum absolute atomic E-state index is 0.0455. The van der Waals surface area contributed by atoms with Crippen LogP contribution < -0.4 is 20.3 Å². The average molecular weight is 399 g/mol. The predicted molar refractivity (Wildman–Crippen MR) is 112 cm³/mol. The standard InChI is InChI=1S/C23H17N3O4/c27-22(25-17-8-9-19-20(12-17)30-14-29-19)18-11-16-7-4-10-24-21(16)26(23(18)28)13-15-5-2-1-3-6-15/h1-12H,13-14H2,(H,25,27). The summed E-state index contributed by atoms with van der Waals surface area (Å²) >= 11 is 0. The molecule has 0 saturated carbocycles. The van der Waals surface area contributed by atoms with Crippen molar-refractivity contribution in [2.75, 3.05) is 12.1 Å². The maximum atomic E-state index is 13.2. The van der Waals surface area contributed by atoms with Gasteiger partial charge in [0.2, 0.25) is 6.79 Å². The highest BCUT2D eigenvalue weighted by atomic mass is 16.7. The number of ether oxygens (including phenoxy) is 2. The van der Waals surface area contributed by atoms with Crippen LogP contribution in [0.1, 0.15) is 15.9 Å². The van der Waals surface area contributed by atoms with E-state index in [1.165, 1.54) is 4.57 Å². The number of nitrogens with one attached hydrogen (secondary N) is 1. The van der Waals surface area contributed by atoms with Gasteiger partial charge in [-0.3, -0.25) is 14.2 Å². The number of amides is 1. The van der Waals surface area contributed by atoms with Crippen LogP contribution in [-0.2, 0) is 6.54 Å². The molecule has 0 radical (unpaired) electrons. The van der Waals surface area contributed by atoms with Crippen molar-refractivity contribution in [3.05, 3.63) is 94.4 Å². The number of anilines is 1. The summed E-state index contributed by atoms with van der Waals surface area (Å²) in [6.45, 7) is 0.465. The van der Waals surface area contributed by atoms with Crippen molar-refractivity contribution in [3.8, 4) is 11.5 Å². The molecule has 0 spiro atoms. The Balaban J connectivity index is 1.54. The second-order valence-corrected chi connectivity index (χ2v) is 6.87. The molecule has 3 heterocycles. The topological polar surface area (TPSA) is 82.4 Å². The number of nitrogens with zero attached hydrogens (tertiary/aromatic N) is 2. The average Bonchev–Trinajstić information content (AvgIpc) is 3.24. The molecule has 0 bridgehead atoms. The molecule has 0 fully saturated rings. The summed E-state index contributed by atoms with van der Waals surface area (Å²) in [6, 6.07) is 19.9. The van der Waals surface area contributed by atoms with E-state index in [1.54, 1.807) is 36.5 Å². The zero-order chi connectivity index (χ0) is 20.5. The molecule has 0 unspecified atom stereocenters. The van der Waals surface area contributed by atoms with Gasteiger partial charge < -0.3 is 14.8 Å². The molecule has 0 aliphatic carbocycles. The van der Waals surface area contributed by atoms with Crippen molar-refractivity contribution in [1.29, 1.82) is 0 Å². The van der Waals surface area contributed by atoms with Gasteiger partial charge in [-0.2, -0.15) is 0 Å². The van der Waals surface area contributed by atoms with E-state index in [0.29, 0.717) is 34.8 Å². The number of benzene rings is 2. The van der Waals surface area contributed by atoms with Crippen molar-refractivity contribution in [2.24, 2.45) is 0 Å². The normalized spacial score (nSPS) is 12.1. The highest BCUT2D eigenvalue weighted by Crippen LogP contribution is 2.34. The Morgan fingerprint density at radius 3 is 2.70 bits per heavy atom. The SMILES string of the molecule is O=C(Nc1ccc2c(c1)OCO2)c1cc2cccnc2n(Cc2ccccc2)c1=O. The summed E-state index contributed by atoms with van der Waals surface area (Å²) in [6.07, 6.45) is 1.63. The van der Waals surface area contributed by atoms with Gasteiger partial charge in [0.05, 0.1) is 6.54 Å². The molecule has 1 N–H and O–H groups in total. The lowest BCUT2D eigenvalue weighted by molar-refractivity contribution is 0.102. The van der Waals surface area contributed by atoms with Gasteiger partial charge in [-0.05, 0) is 35.9 Å². The molecule has 30 heavy (non-hydrogen) atoms. The lowest BCUT2D eigenvalue weighted by Gasteiger charge is -2.12. The minimum atomic E-state index is -0.494. The van der Waals surface area contributed by atoms with Gasteiger partial charge in [0, 0.05) is 23.3 Å². The van der Waals surface area contributed by atoms with Crippen molar-refractivity contribution in [2.45, 2.75) is 6.54 Å². The Hall–Kier alpha value is -4.13. The highest BCUT2D eigenvalue weighted by molar-refractivity contribution is 6.05. The number of aromatic nitrogens is 2. The molecule has 2 aromatic carbocycles. The Labute approximate surface area is 171 Å². The molecular formula is C23H17N3O4. The first-order valence-electron chi connectivity index (χ1n) is 9.42. The second-order valence-electron chi connectivity index (χ2n) is 6.87. The van der Waals surface area contributed by atoms with E-state index in [4.69, 9.17) is 9.47 Å². The predicted octanol–water partition coefficient (Wildman–Crippen LogP) is 3.43. The lowest BCUT2D eigenvalue weighted by atomic mass is 10.1. The molecule has 0 atom stereocenters. The molecule has 1 amide bonds. The molecule has 1 aliphatic rings. The summed E-state index contributed by atoms with van der Waals surface area (Å²) in [5.41, 5.74) is 1.64. The van der Waals surface area contributed by atoms with Gasteiger partial charge in [0.1, 0.15) is 11.2 Å². The van der Waals surface area contributed by atoms with E-state index in [1.807, 2.05) is 36.4 Å². The molecule has 4 aromatic rings.